The third-order valence-corrected chi connectivity index (χ3v) is 5.37. The van der Waals surface area contributed by atoms with E-state index in [1.54, 1.807) is 17.4 Å². The second kappa shape index (κ2) is 7.67. The van der Waals surface area contributed by atoms with Gasteiger partial charge in [-0.2, -0.15) is 0 Å². The number of likely N-dealkylation sites (tertiary alicyclic amines) is 1. The molecular formula is C20H23NO2S. The minimum Gasteiger partial charge on any atom is -0.494 e. The third kappa shape index (κ3) is 3.70. The Morgan fingerprint density at radius 3 is 2.79 bits per heavy atom. The number of amides is 1. The molecule has 1 aromatic carbocycles. The molecule has 1 aromatic heterocycles. The molecule has 4 heteroatoms. The van der Waals surface area contributed by atoms with Crippen molar-refractivity contribution in [3.8, 4) is 5.75 Å². The van der Waals surface area contributed by atoms with Crippen molar-refractivity contribution < 1.29 is 9.53 Å². The first kappa shape index (κ1) is 16.8. The molecule has 0 radical (unpaired) electrons. The maximum absolute atomic E-state index is 12.6. The molecule has 24 heavy (non-hydrogen) atoms. The second-order valence-corrected chi connectivity index (χ2v) is 6.94. The van der Waals surface area contributed by atoms with Crippen LogP contribution in [-0.2, 0) is 4.79 Å². The molecule has 3 rings (SSSR count). The summed E-state index contributed by atoms with van der Waals surface area (Å²) in [5, 5.41) is 2.05. The quantitative estimate of drug-likeness (QED) is 0.729. The van der Waals surface area contributed by atoms with E-state index in [-0.39, 0.29) is 11.9 Å². The number of carbonyl (C=O) groups excluding carboxylic acids is 1. The summed E-state index contributed by atoms with van der Waals surface area (Å²) in [6, 6.07) is 10.4. The first-order chi connectivity index (χ1) is 11.7. The van der Waals surface area contributed by atoms with Crippen LogP contribution in [0.15, 0.2) is 41.8 Å². The molecule has 1 saturated heterocycles. The van der Waals surface area contributed by atoms with Gasteiger partial charge in [-0.3, -0.25) is 4.79 Å². The normalized spacial score (nSPS) is 17.6. The molecule has 2 heterocycles. The van der Waals surface area contributed by atoms with Crippen LogP contribution in [0.5, 0.6) is 5.75 Å². The average Bonchev–Trinajstić information content (AvgIpc) is 3.23. The van der Waals surface area contributed by atoms with E-state index in [0.717, 1.165) is 30.0 Å². The summed E-state index contributed by atoms with van der Waals surface area (Å²) >= 11 is 1.67. The monoisotopic (exact) mass is 341 g/mol. The Kier molecular flexibility index (Phi) is 5.36. The maximum atomic E-state index is 12.6. The average molecular weight is 341 g/mol. The van der Waals surface area contributed by atoms with Crippen molar-refractivity contribution in [3.63, 3.8) is 0 Å². The van der Waals surface area contributed by atoms with Gasteiger partial charge in [-0.05, 0) is 67.5 Å². The lowest BCUT2D eigenvalue weighted by atomic mass is 10.0. The van der Waals surface area contributed by atoms with Crippen LogP contribution >= 0.6 is 11.3 Å². The molecule has 1 amide bonds. The van der Waals surface area contributed by atoms with Gasteiger partial charge in [0.25, 0.3) is 0 Å². The van der Waals surface area contributed by atoms with Crippen molar-refractivity contribution in [2.75, 3.05) is 13.2 Å². The van der Waals surface area contributed by atoms with Crippen molar-refractivity contribution in [3.05, 3.63) is 57.8 Å². The van der Waals surface area contributed by atoms with Gasteiger partial charge in [0.05, 0.1) is 12.6 Å². The van der Waals surface area contributed by atoms with E-state index in [1.165, 1.54) is 11.1 Å². The van der Waals surface area contributed by atoms with Crippen LogP contribution in [0.3, 0.4) is 0 Å². The van der Waals surface area contributed by atoms with E-state index < -0.39 is 0 Å². The summed E-state index contributed by atoms with van der Waals surface area (Å²) in [7, 11) is 0. The molecule has 1 fully saturated rings. The van der Waals surface area contributed by atoms with Gasteiger partial charge in [-0.25, -0.2) is 0 Å². The van der Waals surface area contributed by atoms with E-state index in [9.17, 15) is 4.79 Å². The number of ether oxygens (including phenoxy) is 1. The number of thiophene rings is 1. The van der Waals surface area contributed by atoms with Gasteiger partial charge in [-0.1, -0.05) is 12.1 Å². The zero-order chi connectivity index (χ0) is 16.9. The highest BCUT2D eigenvalue weighted by Crippen LogP contribution is 2.33. The summed E-state index contributed by atoms with van der Waals surface area (Å²) in [6.45, 7) is 5.54. The van der Waals surface area contributed by atoms with Crippen LogP contribution in [-0.4, -0.2) is 24.0 Å². The zero-order valence-electron chi connectivity index (χ0n) is 14.2. The highest BCUT2D eigenvalue weighted by Gasteiger charge is 2.28. The number of rotatable bonds is 5. The topological polar surface area (TPSA) is 29.5 Å². The molecule has 1 unspecified atom stereocenters. The van der Waals surface area contributed by atoms with Gasteiger partial charge in [0.1, 0.15) is 5.75 Å². The Morgan fingerprint density at radius 1 is 1.33 bits per heavy atom. The molecule has 1 atom stereocenters. The molecule has 0 N–H and O–H groups in total. The first-order valence-electron chi connectivity index (χ1n) is 8.44. The highest BCUT2D eigenvalue weighted by molar-refractivity contribution is 7.11. The molecule has 0 bridgehead atoms. The maximum Gasteiger partial charge on any atom is 0.247 e. The number of hydrogen-bond donors (Lipinski definition) is 0. The van der Waals surface area contributed by atoms with Crippen LogP contribution in [0.25, 0.3) is 6.08 Å². The Labute approximate surface area is 147 Å². The summed E-state index contributed by atoms with van der Waals surface area (Å²) in [6.07, 6.45) is 5.72. The van der Waals surface area contributed by atoms with Gasteiger partial charge < -0.3 is 9.64 Å². The van der Waals surface area contributed by atoms with E-state index in [1.807, 2.05) is 30.0 Å². The van der Waals surface area contributed by atoms with E-state index in [4.69, 9.17) is 4.74 Å². The Hall–Kier alpha value is -2.07. The molecule has 2 aromatic rings. The fourth-order valence-corrected chi connectivity index (χ4v) is 3.95. The molecule has 0 aliphatic carbocycles. The van der Waals surface area contributed by atoms with E-state index in [2.05, 4.69) is 30.5 Å². The van der Waals surface area contributed by atoms with Crippen molar-refractivity contribution in [1.29, 1.82) is 0 Å². The SMILES string of the molecule is CCOc1ccc(C2CCCN2C(=O)/C=C/c2sccc2C)cc1. The Morgan fingerprint density at radius 2 is 2.12 bits per heavy atom. The fraction of sp³-hybridized carbons (Fsp3) is 0.350. The largest absolute Gasteiger partial charge is 0.494 e. The van der Waals surface area contributed by atoms with Gasteiger partial charge >= 0.3 is 0 Å². The number of carbonyl (C=O) groups is 1. The van der Waals surface area contributed by atoms with E-state index in [0.29, 0.717) is 6.61 Å². The first-order valence-corrected chi connectivity index (χ1v) is 9.32. The molecular weight excluding hydrogens is 318 g/mol. The number of hydrogen-bond acceptors (Lipinski definition) is 3. The lowest BCUT2D eigenvalue weighted by molar-refractivity contribution is -0.126. The van der Waals surface area contributed by atoms with E-state index >= 15 is 0 Å². The summed E-state index contributed by atoms with van der Waals surface area (Å²) < 4.78 is 5.50. The van der Waals surface area contributed by atoms with Crippen LogP contribution in [0.2, 0.25) is 0 Å². The van der Waals surface area contributed by atoms with Gasteiger partial charge in [-0.15, -0.1) is 11.3 Å². The summed E-state index contributed by atoms with van der Waals surface area (Å²) in [5.74, 6) is 0.976. The smallest absolute Gasteiger partial charge is 0.247 e. The lowest BCUT2D eigenvalue weighted by Crippen LogP contribution is -2.28. The van der Waals surface area contributed by atoms with Gasteiger partial charge in [0.15, 0.2) is 0 Å². The second-order valence-electron chi connectivity index (χ2n) is 5.99. The molecule has 1 aliphatic rings. The minimum atomic E-state index is 0.0965. The van der Waals surface area contributed by atoms with Crippen LogP contribution in [0.1, 0.15) is 41.8 Å². The van der Waals surface area contributed by atoms with Crippen molar-refractivity contribution in [2.45, 2.75) is 32.7 Å². The molecule has 1 aliphatic heterocycles. The predicted octanol–water partition coefficient (Wildman–Crippen LogP) is 4.83. The molecule has 0 saturated carbocycles. The van der Waals surface area contributed by atoms with Gasteiger partial charge in [0, 0.05) is 17.5 Å². The van der Waals surface area contributed by atoms with Crippen molar-refractivity contribution in [2.24, 2.45) is 0 Å². The van der Waals surface area contributed by atoms with Gasteiger partial charge in [0.2, 0.25) is 5.91 Å². The molecule has 0 spiro atoms. The Bertz CT molecular complexity index is 717. The summed E-state index contributed by atoms with van der Waals surface area (Å²) in [4.78, 5) is 15.8. The Balaban J connectivity index is 1.71. The van der Waals surface area contributed by atoms with Crippen LogP contribution in [0, 0.1) is 6.92 Å². The highest BCUT2D eigenvalue weighted by atomic mass is 32.1. The minimum absolute atomic E-state index is 0.0965. The van der Waals surface area contributed by atoms with Crippen LogP contribution < -0.4 is 4.74 Å². The zero-order valence-corrected chi connectivity index (χ0v) is 15.0. The van der Waals surface area contributed by atoms with Crippen molar-refractivity contribution in [1.82, 2.24) is 4.90 Å². The standard InChI is InChI=1S/C20H23NO2S/c1-3-23-17-8-6-16(7-9-17)18-5-4-13-21(18)20(22)11-10-19-15(2)12-14-24-19/h6-12,14,18H,3-5,13H2,1-2H3/b11-10+. The number of benzene rings is 1. The lowest BCUT2D eigenvalue weighted by Gasteiger charge is -2.24. The number of nitrogens with zero attached hydrogens (tertiary/aromatic N) is 1. The number of aryl methyl sites for hydroxylation is 1. The summed E-state index contributed by atoms with van der Waals surface area (Å²) in [5.41, 5.74) is 2.40. The third-order valence-electron chi connectivity index (χ3n) is 4.39. The van der Waals surface area contributed by atoms with Crippen LogP contribution in [0.4, 0.5) is 0 Å². The predicted molar refractivity (Wildman–Crippen MR) is 99.4 cm³/mol. The molecule has 3 nitrogen and oxygen atoms in total. The van der Waals surface area contributed by atoms with Crippen molar-refractivity contribution >= 4 is 23.3 Å². The fourth-order valence-electron chi connectivity index (χ4n) is 3.13. The molecule has 126 valence electrons.